The van der Waals surface area contributed by atoms with Crippen LogP contribution < -0.4 is 16.8 Å². The molecule has 0 unspecified atom stereocenters. The van der Waals surface area contributed by atoms with E-state index in [9.17, 15) is 19.5 Å². The van der Waals surface area contributed by atoms with Crippen molar-refractivity contribution in [3.8, 4) is 0 Å². The highest BCUT2D eigenvalue weighted by molar-refractivity contribution is 6.39. The Morgan fingerprint density at radius 2 is 1.82 bits per heavy atom. The van der Waals surface area contributed by atoms with E-state index in [1.165, 1.54) is 12.1 Å². The first-order valence-electron chi connectivity index (χ1n) is 10.2. The third kappa shape index (κ3) is 6.24. The van der Waals surface area contributed by atoms with Gasteiger partial charge >= 0.3 is 5.97 Å². The molecule has 0 spiro atoms. The number of guanidine groups is 1. The molecule has 10 nitrogen and oxygen atoms in total. The lowest BCUT2D eigenvalue weighted by molar-refractivity contribution is -0.139. The summed E-state index contributed by atoms with van der Waals surface area (Å²) in [5, 5.41) is 12.0. The van der Waals surface area contributed by atoms with Crippen LogP contribution in [0, 0.1) is 0 Å². The zero-order valence-electron chi connectivity index (χ0n) is 17.9. The van der Waals surface area contributed by atoms with Crippen LogP contribution in [0.3, 0.4) is 0 Å². The number of carbonyl (C=O) groups excluding carboxylic acids is 2. The van der Waals surface area contributed by atoms with Crippen LogP contribution in [0.5, 0.6) is 0 Å². The summed E-state index contributed by atoms with van der Waals surface area (Å²) < 4.78 is 1.79. The molecule has 3 aromatic rings. The lowest BCUT2D eigenvalue weighted by Crippen LogP contribution is -2.41. The quantitative estimate of drug-likeness (QED) is 0.243. The molecule has 0 radical (unpaired) electrons. The number of aliphatic imine (C=N–C) groups is 1. The molecular weight excluding hydrogens is 483 g/mol. The summed E-state index contributed by atoms with van der Waals surface area (Å²) in [6.07, 6.45) is 1.63. The number of halogens is 2. The van der Waals surface area contributed by atoms with Gasteiger partial charge in [-0.15, -0.1) is 0 Å². The average molecular weight is 505 g/mol. The number of nitrogens with two attached hydrogens (primary N) is 2. The predicted molar refractivity (Wildman–Crippen MR) is 129 cm³/mol. The van der Waals surface area contributed by atoms with Crippen molar-refractivity contribution in [1.82, 2.24) is 14.9 Å². The van der Waals surface area contributed by atoms with Gasteiger partial charge < -0.3 is 26.5 Å². The van der Waals surface area contributed by atoms with E-state index in [2.05, 4.69) is 15.3 Å². The van der Waals surface area contributed by atoms with Crippen LogP contribution in [0.1, 0.15) is 29.6 Å². The van der Waals surface area contributed by atoms with Crippen molar-refractivity contribution in [1.29, 1.82) is 0 Å². The molecule has 1 aromatic heterocycles. The van der Waals surface area contributed by atoms with Crippen LogP contribution in [0.15, 0.2) is 47.7 Å². The van der Waals surface area contributed by atoms with Crippen molar-refractivity contribution in [2.75, 3.05) is 0 Å². The lowest BCUT2D eigenvalue weighted by atomic mass is 10.1. The van der Waals surface area contributed by atoms with Gasteiger partial charge in [0.05, 0.1) is 38.7 Å². The van der Waals surface area contributed by atoms with Crippen LogP contribution in [-0.4, -0.2) is 44.3 Å². The van der Waals surface area contributed by atoms with Crippen molar-refractivity contribution >= 4 is 63.5 Å². The normalized spacial score (nSPS) is 11.7. The third-order valence-corrected chi connectivity index (χ3v) is 5.63. The fraction of sp³-hybridized carbons (Fsp3) is 0.227. The molecule has 2 aromatic carbocycles. The number of imidazole rings is 1. The molecule has 0 aliphatic heterocycles. The molecule has 0 bridgehead atoms. The van der Waals surface area contributed by atoms with Gasteiger partial charge in [-0.05, 0) is 36.8 Å². The van der Waals surface area contributed by atoms with Crippen molar-refractivity contribution < 1.29 is 19.5 Å². The highest BCUT2D eigenvalue weighted by Crippen LogP contribution is 2.24. The maximum atomic E-state index is 12.5. The number of hydrogen-bond donors (Lipinski definition) is 4. The Kier molecular flexibility index (Phi) is 8.08. The Morgan fingerprint density at radius 3 is 2.47 bits per heavy atom. The second-order valence-electron chi connectivity index (χ2n) is 7.44. The number of aryl methyl sites for hydroxylation is 1. The smallest absolute Gasteiger partial charge is 0.326 e. The highest BCUT2D eigenvalue weighted by atomic mass is 35.5. The predicted octanol–water partition coefficient (Wildman–Crippen LogP) is 2.87. The number of fused-ring (bicyclic) bond motifs is 1. The third-order valence-electron chi connectivity index (χ3n) is 5.00. The molecule has 0 aliphatic carbocycles. The minimum absolute atomic E-state index is 0.0181. The first-order valence-corrected chi connectivity index (χ1v) is 10.9. The van der Waals surface area contributed by atoms with Crippen LogP contribution >= 0.6 is 23.2 Å². The summed E-state index contributed by atoms with van der Waals surface area (Å²) in [5.41, 5.74) is 12.8. The van der Waals surface area contributed by atoms with Crippen molar-refractivity contribution in [3.63, 3.8) is 0 Å². The van der Waals surface area contributed by atoms with Crippen LogP contribution in [0.2, 0.25) is 10.0 Å². The number of Topliss-reactive ketones (excluding diaryl/α,β-unsaturated/α-hetero) is 1. The van der Waals surface area contributed by atoms with Gasteiger partial charge in [0.25, 0.3) is 5.91 Å². The van der Waals surface area contributed by atoms with Crippen molar-refractivity contribution in [2.24, 2.45) is 16.5 Å². The molecule has 34 heavy (non-hydrogen) atoms. The van der Waals surface area contributed by atoms with Crippen molar-refractivity contribution in [3.05, 3.63) is 58.3 Å². The number of aliphatic carboxylic acids is 1. The minimum atomic E-state index is -1.28. The Bertz CT molecular complexity index is 1250. The van der Waals surface area contributed by atoms with Gasteiger partial charge in [-0.2, -0.15) is 0 Å². The van der Waals surface area contributed by atoms with E-state index < -0.39 is 17.9 Å². The molecule has 1 amide bonds. The molecule has 0 fully saturated rings. The molecule has 1 heterocycles. The van der Waals surface area contributed by atoms with Crippen LogP contribution in [0.25, 0.3) is 11.0 Å². The molecule has 0 saturated carbocycles. The fourth-order valence-electron chi connectivity index (χ4n) is 3.32. The molecule has 1 atom stereocenters. The molecule has 3 rings (SSSR count). The van der Waals surface area contributed by atoms with Gasteiger partial charge in [0.15, 0.2) is 5.96 Å². The summed E-state index contributed by atoms with van der Waals surface area (Å²) in [5.74, 6) is -2.23. The number of nitrogens with one attached hydrogen (secondary N) is 1. The topological polar surface area (TPSA) is 166 Å². The number of hydrogen-bond acceptors (Lipinski definition) is 5. The number of aromatic nitrogens is 2. The zero-order chi connectivity index (χ0) is 24.8. The highest BCUT2D eigenvalue weighted by Gasteiger charge is 2.24. The number of carboxylic acids is 1. The molecule has 6 N–H and O–H groups in total. The maximum absolute atomic E-state index is 12.5. The zero-order valence-corrected chi connectivity index (χ0v) is 19.4. The van der Waals surface area contributed by atoms with Gasteiger partial charge in [0, 0.05) is 19.4 Å². The van der Waals surface area contributed by atoms with E-state index in [1.54, 1.807) is 35.2 Å². The second kappa shape index (κ2) is 11.0. The van der Waals surface area contributed by atoms with E-state index in [1.807, 2.05) is 0 Å². The largest absolute Gasteiger partial charge is 0.480 e. The average Bonchev–Trinajstić information content (AvgIpc) is 3.16. The van der Waals surface area contributed by atoms with E-state index in [0.717, 1.165) is 5.52 Å². The molecule has 0 saturated heterocycles. The summed E-state index contributed by atoms with van der Waals surface area (Å²) in [7, 11) is 0. The van der Waals surface area contributed by atoms with E-state index in [4.69, 9.17) is 34.7 Å². The first kappa shape index (κ1) is 25.0. The van der Waals surface area contributed by atoms with E-state index in [0.29, 0.717) is 17.7 Å². The Balaban J connectivity index is 1.59. The summed E-state index contributed by atoms with van der Waals surface area (Å²) in [4.78, 5) is 44.8. The van der Waals surface area contributed by atoms with E-state index >= 15 is 0 Å². The summed E-state index contributed by atoms with van der Waals surface area (Å²) >= 11 is 12.0. The molecule has 178 valence electrons. The standard InChI is InChI=1S/C22H22Cl2N6O4/c23-14-2-1-3-15(24)19(14)20(32)29-17(21(33)34)7-5-13(31)8-9-30-11-27-16-6-4-12(10-18(16)30)28-22(25)26/h1-4,6,10-11,17H,5,7-9H2,(H,29,32)(H,33,34)(H4,25,26,28)/t17-/m0/s1. The van der Waals surface area contributed by atoms with Crippen molar-refractivity contribution in [2.45, 2.75) is 31.8 Å². The number of benzene rings is 2. The Labute approximate surface area is 204 Å². The molecule has 0 aliphatic rings. The first-order chi connectivity index (χ1) is 16.2. The Hall–Kier alpha value is -3.63. The van der Waals surface area contributed by atoms with Gasteiger partial charge in [0.1, 0.15) is 11.8 Å². The number of amides is 1. The number of nitrogens with zero attached hydrogens (tertiary/aromatic N) is 3. The summed E-state index contributed by atoms with van der Waals surface area (Å²) in [6, 6.07) is 8.48. The number of carbonyl (C=O) groups is 3. The maximum Gasteiger partial charge on any atom is 0.326 e. The number of rotatable bonds is 10. The summed E-state index contributed by atoms with van der Waals surface area (Å²) in [6.45, 7) is 0.333. The van der Waals surface area contributed by atoms with Gasteiger partial charge in [-0.1, -0.05) is 29.3 Å². The molecule has 12 heteroatoms. The second-order valence-corrected chi connectivity index (χ2v) is 8.25. The number of carboxylic acid groups (broad SMARTS) is 1. The van der Waals surface area contributed by atoms with Crippen LogP contribution in [-0.2, 0) is 16.1 Å². The van der Waals surface area contributed by atoms with Crippen LogP contribution in [0.4, 0.5) is 5.69 Å². The monoisotopic (exact) mass is 504 g/mol. The fourth-order valence-corrected chi connectivity index (χ4v) is 3.89. The minimum Gasteiger partial charge on any atom is -0.480 e. The SMILES string of the molecule is NC(N)=Nc1ccc2ncn(CCC(=O)CC[C@H](NC(=O)c3c(Cl)cccc3Cl)C(=O)O)c2c1. The molecular formula is C22H22Cl2N6O4. The van der Waals surface area contributed by atoms with Gasteiger partial charge in [-0.3, -0.25) is 9.59 Å². The number of ketones is 1. The van der Waals surface area contributed by atoms with Gasteiger partial charge in [-0.25, -0.2) is 14.8 Å². The Morgan fingerprint density at radius 1 is 1.12 bits per heavy atom. The van der Waals surface area contributed by atoms with E-state index in [-0.39, 0.29) is 46.6 Å². The lowest BCUT2D eigenvalue weighted by Gasteiger charge is -2.15. The van der Waals surface area contributed by atoms with Gasteiger partial charge in [0.2, 0.25) is 0 Å².